The third-order valence-corrected chi connectivity index (χ3v) is 5.42. The van der Waals surface area contributed by atoms with Crippen LogP contribution in [-0.4, -0.2) is 44.9 Å². The van der Waals surface area contributed by atoms with Crippen LogP contribution in [0.1, 0.15) is 42.7 Å². The number of amides is 1. The Bertz CT molecular complexity index is 986. The van der Waals surface area contributed by atoms with E-state index >= 15 is 0 Å². The Kier molecular flexibility index (Phi) is 7.71. The molecule has 9 heteroatoms. The fraction of sp³-hybridized carbons (Fsp3) is 0.333. The van der Waals surface area contributed by atoms with Crippen LogP contribution >= 0.6 is 0 Å². The fourth-order valence-corrected chi connectivity index (χ4v) is 3.24. The largest absolute Gasteiger partial charge is 0.459 e. The van der Waals surface area contributed by atoms with Gasteiger partial charge in [-0.1, -0.05) is 12.1 Å². The zero-order valence-electron chi connectivity index (χ0n) is 17.5. The Labute approximate surface area is 177 Å². The number of nitrogens with two attached hydrogens (primary N) is 1. The minimum Gasteiger partial charge on any atom is -0.459 e. The highest BCUT2D eigenvalue weighted by Gasteiger charge is 2.17. The maximum atomic E-state index is 12.4. The van der Waals surface area contributed by atoms with Crippen molar-refractivity contribution in [1.29, 1.82) is 0 Å². The molecule has 162 valence electrons. The third-order valence-electron chi connectivity index (χ3n) is 4.49. The van der Waals surface area contributed by atoms with Gasteiger partial charge in [0.05, 0.1) is 23.1 Å². The molecule has 0 aliphatic rings. The van der Waals surface area contributed by atoms with E-state index in [0.717, 1.165) is 5.56 Å². The molecule has 1 unspecified atom stereocenters. The molecule has 0 saturated carbocycles. The number of nitrogens with one attached hydrogen (secondary N) is 1. The van der Waals surface area contributed by atoms with Gasteiger partial charge in [0, 0.05) is 11.7 Å². The normalized spacial score (nSPS) is 12.6. The summed E-state index contributed by atoms with van der Waals surface area (Å²) in [4.78, 5) is 26.1. The maximum Gasteiger partial charge on any atom is 0.338 e. The lowest BCUT2D eigenvalue weighted by molar-refractivity contribution is -0.117. The molecule has 1 atom stereocenters. The van der Waals surface area contributed by atoms with Crippen molar-refractivity contribution in [2.45, 2.75) is 37.8 Å². The van der Waals surface area contributed by atoms with Crippen molar-refractivity contribution in [2.24, 2.45) is 5.14 Å². The lowest BCUT2D eigenvalue weighted by atomic mass is 10.1. The molecule has 0 spiro atoms. The molecule has 0 bridgehead atoms. The van der Waals surface area contributed by atoms with Crippen LogP contribution in [0.4, 0.5) is 5.69 Å². The summed E-state index contributed by atoms with van der Waals surface area (Å²) in [5, 5.41) is 7.90. The van der Waals surface area contributed by atoms with Gasteiger partial charge in [0.25, 0.3) is 0 Å². The van der Waals surface area contributed by atoms with E-state index in [9.17, 15) is 18.0 Å². The topological polar surface area (TPSA) is 119 Å². The molecule has 3 N–H and O–H groups in total. The average molecular weight is 434 g/mol. The first-order valence-electron chi connectivity index (χ1n) is 9.41. The first-order chi connectivity index (χ1) is 14.0. The summed E-state index contributed by atoms with van der Waals surface area (Å²) in [5.74, 6) is -0.632. The Morgan fingerprint density at radius 1 is 1.03 bits per heavy atom. The second-order valence-corrected chi connectivity index (χ2v) is 8.85. The molecule has 0 aliphatic heterocycles. The van der Waals surface area contributed by atoms with Gasteiger partial charge in [-0.25, -0.2) is 18.4 Å². The summed E-state index contributed by atoms with van der Waals surface area (Å²) in [6.45, 7) is 5.58. The van der Waals surface area contributed by atoms with E-state index in [1.54, 1.807) is 57.3 Å². The minimum absolute atomic E-state index is 0.0413. The number of carbonyl (C=O) groups is 2. The second-order valence-electron chi connectivity index (χ2n) is 7.28. The number of benzene rings is 2. The number of nitrogens with zero attached hydrogens (tertiary/aromatic N) is 1. The van der Waals surface area contributed by atoms with Crippen LogP contribution in [0.3, 0.4) is 0 Å². The summed E-state index contributed by atoms with van der Waals surface area (Å²) >= 11 is 0. The van der Waals surface area contributed by atoms with Gasteiger partial charge in [-0.2, -0.15) is 0 Å². The molecule has 1 amide bonds. The van der Waals surface area contributed by atoms with Crippen molar-refractivity contribution in [3.8, 4) is 0 Å². The Morgan fingerprint density at radius 2 is 1.60 bits per heavy atom. The van der Waals surface area contributed by atoms with E-state index in [1.807, 2.05) is 11.8 Å². The van der Waals surface area contributed by atoms with E-state index in [2.05, 4.69) is 5.32 Å². The minimum atomic E-state index is -3.74. The summed E-state index contributed by atoms with van der Waals surface area (Å²) in [6, 6.07) is 12.6. The lowest BCUT2D eigenvalue weighted by Gasteiger charge is -2.24. The quantitative estimate of drug-likeness (QED) is 0.618. The number of ether oxygens (including phenoxy) is 1. The molecular weight excluding hydrogens is 406 g/mol. The molecule has 8 nitrogen and oxygen atoms in total. The zero-order valence-corrected chi connectivity index (χ0v) is 18.3. The van der Waals surface area contributed by atoms with Crippen molar-refractivity contribution in [3.05, 3.63) is 59.7 Å². The summed E-state index contributed by atoms with van der Waals surface area (Å²) in [7, 11) is -1.95. The van der Waals surface area contributed by atoms with Gasteiger partial charge in [0.15, 0.2) is 0 Å². The Hall–Kier alpha value is -2.75. The molecule has 2 aromatic carbocycles. The molecule has 0 aromatic heterocycles. The van der Waals surface area contributed by atoms with Gasteiger partial charge in [-0.15, -0.1) is 0 Å². The fourth-order valence-electron chi connectivity index (χ4n) is 2.73. The van der Waals surface area contributed by atoms with Gasteiger partial charge in [0.1, 0.15) is 0 Å². The molecule has 0 saturated heterocycles. The molecule has 0 fully saturated rings. The number of likely N-dealkylation sites (N-methyl/N-ethyl adjacent to an activating group) is 1. The first kappa shape index (κ1) is 23.5. The van der Waals surface area contributed by atoms with Crippen molar-refractivity contribution in [3.63, 3.8) is 0 Å². The van der Waals surface area contributed by atoms with Gasteiger partial charge >= 0.3 is 5.97 Å². The molecular formula is C21H27N3O5S. The summed E-state index contributed by atoms with van der Waals surface area (Å²) in [5.41, 5.74) is 1.83. The number of sulfonamides is 1. The van der Waals surface area contributed by atoms with Crippen molar-refractivity contribution in [1.82, 2.24) is 4.90 Å². The predicted octanol–water partition coefficient (Wildman–Crippen LogP) is 2.53. The number of esters is 1. The highest BCUT2D eigenvalue weighted by atomic mass is 32.2. The number of hydrogen-bond acceptors (Lipinski definition) is 6. The highest BCUT2D eigenvalue weighted by molar-refractivity contribution is 7.89. The van der Waals surface area contributed by atoms with Gasteiger partial charge in [-0.3, -0.25) is 9.69 Å². The number of anilines is 1. The van der Waals surface area contributed by atoms with Crippen LogP contribution in [0.15, 0.2) is 53.4 Å². The summed E-state index contributed by atoms with van der Waals surface area (Å²) in [6.07, 6.45) is -0.203. The second kappa shape index (κ2) is 9.84. The molecule has 30 heavy (non-hydrogen) atoms. The van der Waals surface area contributed by atoms with Crippen LogP contribution in [0.25, 0.3) is 0 Å². The molecule has 0 radical (unpaired) electrons. The Balaban J connectivity index is 1.94. The maximum absolute atomic E-state index is 12.4. The van der Waals surface area contributed by atoms with Crippen molar-refractivity contribution < 1.29 is 22.7 Å². The zero-order chi connectivity index (χ0) is 22.5. The van der Waals surface area contributed by atoms with Crippen LogP contribution in [0.5, 0.6) is 0 Å². The van der Waals surface area contributed by atoms with Gasteiger partial charge < -0.3 is 10.1 Å². The van der Waals surface area contributed by atoms with E-state index in [1.165, 1.54) is 12.1 Å². The van der Waals surface area contributed by atoms with Gasteiger partial charge in [-0.05, 0) is 69.8 Å². The van der Waals surface area contributed by atoms with E-state index in [-0.39, 0.29) is 29.5 Å². The smallest absolute Gasteiger partial charge is 0.338 e. The van der Waals surface area contributed by atoms with Crippen molar-refractivity contribution >= 4 is 27.6 Å². The number of hydrogen-bond donors (Lipinski definition) is 2. The first-order valence-corrected chi connectivity index (χ1v) is 11.0. The number of carbonyl (C=O) groups excluding carboxylic acids is 2. The SMILES string of the molecule is CC(C)OC(=O)c1ccc(NC(=O)CN(C)C(C)c2ccc(S(N)(=O)=O)cc2)cc1. The predicted molar refractivity (Wildman–Crippen MR) is 114 cm³/mol. The number of rotatable bonds is 8. The average Bonchev–Trinajstić information content (AvgIpc) is 2.66. The Morgan fingerprint density at radius 3 is 2.10 bits per heavy atom. The van der Waals surface area contributed by atoms with Crippen LogP contribution < -0.4 is 10.5 Å². The van der Waals surface area contributed by atoms with E-state index in [0.29, 0.717) is 11.3 Å². The highest BCUT2D eigenvalue weighted by Crippen LogP contribution is 2.20. The number of primary sulfonamides is 1. The monoisotopic (exact) mass is 433 g/mol. The van der Waals surface area contributed by atoms with E-state index in [4.69, 9.17) is 9.88 Å². The van der Waals surface area contributed by atoms with Crippen molar-refractivity contribution in [2.75, 3.05) is 18.9 Å². The summed E-state index contributed by atoms with van der Waals surface area (Å²) < 4.78 is 27.9. The van der Waals surface area contributed by atoms with Crippen LogP contribution in [0, 0.1) is 0 Å². The van der Waals surface area contributed by atoms with Crippen LogP contribution in [0.2, 0.25) is 0 Å². The van der Waals surface area contributed by atoms with Gasteiger partial charge in [0.2, 0.25) is 15.9 Å². The third kappa shape index (κ3) is 6.65. The standard InChI is InChI=1S/C21H27N3O5S/c1-14(2)29-21(26)17-5-9-18(10-6-17)23-20(25)13-24(4)15(3)16-7-11-19(12-8-16)30(22,27)28/h5-12,14-15H,13H2,1-4H3,(H,23,25)(H2,22,27,28). The molecule has 2 aromatic rings. The molecule has 2 rings (SSSR count). The molecule has 0 heterocycles. The lowest BCUT2D eigenvalue weighted by Crippen LogP contribution is -2.32. The molecule has 0 aliphatic carbocycles. The van der Waals surface area contributed by atoms with E-state index < -0.39 is 16.0 Å². The van der Waals surface area contributed by atoms with Crippen LogP contribution in [-0.2, 0) is 19.6 Å².